The summed E-state index contributed by atoms with van der Waals surface area (Å²) in [6, 6.07) is 14.8. The molecule has 0 spiro atoms. The lowest BCUT2D eigenvalue weighted by atomic mass is 10.2. The Labute approximate surface area is 198 Å². The zero-order valence-electron chi connectivity index (χ0n) is 17.4. The highest BCUT2D eigenvalue weighted by Crippen LogP contribution is 2.36. The number of hydrogen-bond donors (Lipinski definition) is 1. The molecule has 1 amide bonds. The van der Waals surface area contributed by atoms with Crippen LogP contribution in [-0.2, 0) is 17.6 Å². The number of hydrogen-bond acceptors (Lipinski definition) is 5. The van der Waals surface area contributed by atoms with Crippen molar-refractivity contribution in [1.82, 2.24) is 9.55 Å². The number of aryl methyl sites for hydroxylation is 3. The molecule has 5 nitrogen and oxygen atoms in total. The lowest BCUT2D eigenvalue weighted by Crippen LogP contribution is -2.23. The molecule has 1 aliphatic carbocycles. The number of fused-ring (bicyclic) bond motifs is 3. The minimum atomic E-state index is -0.149. The summed E-state index contributed by atoms with van der Waals surface area (Å²) >= 11 is 8.92. The zero-order chi connectivity index (χ0) is 22.2. The smallest absolute Gasteiger partial charge is 0.267 e. The Kier molecular flexibility index (Phi) is 5.80. The number of nitrogens with one attached hydrogen (secondary N) is 1. The fourth-order valence-corrected chi connectivity index (χ4v) is 6.14. The van der Waals surface area contributed by atoms with Crippen molar-refractivity contribution < 1.29 is 4.79 Å². The van der Waals surface area contributed by atoms with Crippen molar-refractivity contribution in [1.29, 1.82) is 0 Å². The third-order valence-corrected chi connectivity index (χ3v) is 7.84. The first-order valence-electron chi connectivity index (χ1n) is 10.3. The molecule has 0 atom stereocenters. The van der Waals surface area contributed by atoms with E-state index >= 15 is 0 Å². The molecule has 2 aromatic heterocycles. The fourth-order valence-electron chi connectivity index (χ4n) is 3.90. The second-order valence-electron chi connectivity index (χ2n) is 7.75. The minimum Gasteiger partial charge on any atom is -0.325 e. The number of benzene rings is 2. The van der Waals surface area contributed by atoms with Crippen LogP contribution in [0, 0.1) is 6.92 Å². The average molecular weight is 482 g/mol. The first kappa shape index (κ1) is 21.2. The molecule has 32 heavy (non-hydrogen) atoms. The van der Waals surface area contributed by atoms with Crippen LogP contribution < -0.4 is 10.9 Å². The number of thiophene rings is 1. The summed E-state index contributed by atoms with van der Waals surface area (Å²) in [5, 5.41) is 4.71. The molecule has 0 unspecified atom stereocenters. The monoisotopic (exact) mass is 481 g/mol. The highest BCUT2D eigenvalue weighted by atomic mass is 35.5. The van der Waals surface area contributed by atoms with Gasteiger partial charge in [-0.05, 0) is 68.1 Å². The van der Waals surface area contributed by atoms with Crippen molar-refractivity contribution >= 4 is 56.5 Å². The summed E-state index contributed by atoms with van der Waals surface area (Å²) in [6.45, 7) is 2.00. The van der Waals surface area contributed by atoms with Crippen molar-refractivity contribution in [3.05, 3.63) is 79.9 Å². The van der Waals surface area contributed by atoms with E-state index in [1.54, 1.807) is 40.2 Å². The van der Waals surface area contributed by atoms with Gasteiger partial charge in [0.25, 0.3) is 5.56 Å². The van der Waals surface area contributed by atoms with Crippen LogP contribution in [0.3, 0.4) is 0 Å². The van der Waals surface area contributed by atoms with Gasteiger partial charge in [0.05, 0.1) is 16.8 Å². The topological polar surface area (TPSA) is 64.0 Å². The number of carbonyl (C=O) groups excluding carboxylic acids is 1. The van der Waals surface area contributed by atoms with E-state index < -0.39 is 0 Å². The molecule has 0 saturated heterocycles. The van der Waals surface area contributed by atoms with Gasteiger partial charge in [-0.15, -0.1) is 11.3 Å². The largest absolute Gasteiger partial charge is 0.325 e. The Morgan fingerprint density at radius 1 is 1.16 bits per heavy atom. The van der Waals surface area contributed by atoms with Crippen LogP contribution in [-0.4, -0.2) is 21.2 Å². The highest BCUT2D eigenvalue weighted by molar-refractivity contribution is 7.99. The number of thioether (sulfide) groups is 1. The summed E-state index contributed by atoms with van der Waals surface area (Å²) in [5.74, 6) is -0.00523. The number of amides is 1. The third kappa shape index (κ3) is 4.08. The van der Waals surface area contributed by atoms with Crippen LogP contribution in [0.2, 0.25) is 5.02 Å². The molecular weight excluding hydrogens is 462 g/mol. The van der Waals surface area contributed by atoms with E-state index in [1.807, 2.05) is 31.2 Å². The first-order chi connectivity index (χ1) is 15.5. The predicted octanol–water partition coefficient (Wildman–Crippen LogP) is 5.63. The molecule has 0 bridgehead atoms. The maximum Gasteiger partial charge on any atom is 0.267 e. The molecule has 5 rings (SSSR count). The number of rotatable bonds is 5. The molecule has 8 heteroatoms. The fraction of sp³-hybridized carbons (Fsp3) is 0.208. The van der Waals surface area contributed by atoms with Crippen LogP contribution in [0.15, 0.2) is 58.5 Å². The SMILES string of the molecule is Cc1ccc(NC(=O)CSc2nc3sc4c(c3c(=O)n2-c2ccc(Cl)cc2)CCC4)cc1. The second kappa shape index (κ2) is 8.73. The van der Waals surface area contributed by atoms with Crippen molar-refractivity contribution in [2.45, 2.75) is 31.3 Å². The van der Waals surface area contributed by atoms with Crippen molar-refractivity contribution in [3.63, 3.8) is 0 Å². The summed E-state index contributed by atoms with van der Waals surface area (Å²) < 4.78 is 1.60. The second-order valence-corrected chi connectivity index (χ2v) is 10.2. The molecule has 162 valence electrons. The number of anilines is 1. The predicted molar refractivity (Wildman–Crippen MR) is 133 cm³/mol. The Hall–Kier alpha value is -2.61. The highest BCUT2D eigenvalue weighted by Gasteiger charge is 2.24. The molecule has 1 N–H and O–H groups in total. The van der Waals surface area contributed by atoms with Crippen LogP contribution in [0.5, 0.6) is 0 Å². The van der Waals surface area contributed by atoms with Crippen molar-refractivity contribution in [2.75, 3.05) is 11.1 Å². The Bertz CT molecular complexity index is 1380. The number of carbonyl (C=O) groups is 1. The lowest BCUT2D eigenvalue weighted by molar-refractivity contribution is -0.113. The van der Waals surface area contributed by atoms with Crippen molar-refractivity contribution in [2.24, 2.45) is 0 Å². The van der Waals surface area contributed by atoms with Crippen LogP contribution in [0.1, 0.15) is 22.4 Å². The van der Waals surface area contributed by atoms with Gasteiger partial charge in [0.15, 0.2) is 5.16 Å². The Morgan fingerprint density at radius 3 is 2.66 bits per heavy atom. The molecule has 0 saturated carbocycles. The molecule has 2 aromatic carbocycles. The molecule has 2 heterocycles. The van der Waals surface area contributed by atoms with E-state index in [9.17, 15) is 9.59 Å². The molecule has 4 aromatic rings. The maximum atomic E-state index is 13.6. The summed E-state index contributed by atoms with van der Waals surface area (Å²) in [6.07, 6.45) is 2.99. The normalized spacial score (nSPS) is 12.8. The van der Waals surface area contributed by atoms with Crippen LogP contribution in [0.4, 0.5) is 5.69 Å². The van der Waals surface area contributed by atoms with Gasteiger partial charge >= 0.3 is 0 Å². The molecule has 0 aliphatic heterocycles. The van der Waals surface area contributed by atoms with E-state index in [1.165, 1.54) is 16.6 Å². The molecule has 1 aliphatic rings. The Balaban J connectivity index is 1.50. The number of nitrogens with zero attached hydrogens (tertiary/aromatic N) is 2. The standard InChI is InChI=1S/C24H20ClN3O2S2/c1-14-5-9-16(10-6-14)26-20(29)13-31-24-27-22-21(18-3-2-4-19(18)32-22)23(30)28(24)17-11-7-15(25)8-12-17/h5-12H,2-4,13H2,1H3,(H,26,29). The van der Waals surface area contributed by atoms with E-state index in [2.05, 4.69) is 5.32 Å². The van der Waals surface area contributed by atoms with E-state index in [-0.39, 0.29) is 17.2 Å². The summed E-state index contributed by atoms with van der Waals surface area (Å²) in [4.78, 5) is 33.0. The number of halogens is 1. The molecule has 0 fully saturated rings. The molecular formula is C24H20ClN3O2S2. The van der Waals surface area contributed by atoms with Crippen LogP contribution in [0.25, 0.3) is 15.9 Å². The van der Waals surface area contributed by atoms with Gasteiger partial charge in [-0.2, -0.15) is 0 Å². The van der Waals surface area contributed by atoms with Gasteiger partial charge < -0.3 is 5.32 Å². The number of aromatic nitrogens is 2. The molecule has 0 radical (unpaired) electrons. The Morgan fingerprint density at radius 2 is 1.91 bits per heavy atom. The van der Waals surface area contributed by atoms with E-state index in [0.29, 0.717) is 21.3 Å². The third-order valence-electron chi connectivity index (χ3n) is 5.46. The van der Waals surface area contributed by atoms with E-state index in [4.69, 9.17) is 16.6 Å². The first-order valence-corrected chi connectivity index (χ1v) is 12.5. The quantitative estimate of drug-likeness (QED) is 0.296. The van der Waals surface area contributed by atoms with E-state index in [0.717, 1.165) is 40.9 Å². The minimum absolute atomic E-state index is 0.0850. The maximum absolute atomic E-state index is 13.6. The van der Waals surface area contributed by atoms with Gasteiger partial charge in [-0.1, -0.05) is 41.1 Å². The van der Waals surface area contributed by atoms with Gasteiger partial charge in [0.2, 0.25) is 5.91 Å². The van der Waals surface area contributed by atoms with Crippen LogP contribution >= 0.6 is 34.7 Å². The van der Waals surface area contributed by atoms with Gasteiger partial charge in [-0.25, -0.2) is 4.98 Å². The van der Waals surface area contributed by atoms with Crippen molar-refractivity contribution in [3.8, 4) is 5.69 Å². The lowest BCUT2D eigenvalue weighted by Gasteiger charge is -2.13. The van der Waals surface area contributed by atoms with Gasteiger partial charge in [-0.3, -0.25) is 14.2 Å². The zero-order valence-corrected chi connectivity index (χ0v) is 19.7. The van der Waals surface area contributed by atoms with Gasteiger partial charge in [0, 0.05) is 15.6 Å². The summed E-state index contributed by atoms with van der Waals surface area (Å²) in [7, 11) is 0. The average Bonchev–Trinajstić information content (AvgIpc) is 3.36. The summed E-state index contributed by atoms with van der Waals surface area (Å²) in [5.41, 5.74) is 3.62. The van der Waals surface area contributed by atoms with Gasteiger partial charge in [0.1, 0.15) is 4.83 Å².